The van der Waals surface area contributed by atoms with Gasteiger partial charge in [-0.15, -0.1) is 0 Å². The van der Waals surface area contributed by atoms with Crippen molar-refractivity contribution < 1.29 is 9.53 Å². The van der Waals surface area contributed by atoms with Crippen LogP contribution in [0.3, 0.4) is 0 Å². The van der Waals surface area contributed by atoms with E-state index in [9.17, 15) is 4.79 Å². The number of benzene rings is 3. The summed E-state index contributed by atoms with van der Waals surface area (Å²) in [6, 6.07) is 24.7. The molecule has 1 saturated carbocycles. The van der Waals surface area contributed by atoms with Crippen LogP contribution in [0.1, 0.15) is 60.3 Å². The van der Waals surface area contributed by atoms with Crippen LogP contribution < -0.4 is 4.74 Å². The van der Waals surface area contributed by atoms with E-state index < -0.39 is 5.91 Å². The van der Waals surface area contributed by atoms with Gasteiger partial charge in [-0.05, 0) is 67.3 Å². The third kappa shape index (κ3) is 5.55. The van der Waals surface area contributed by atoms with Crippen LogP contribution >= 0.6 is 11.8 Å². The number of amides is 1. The van der Waals surface area contributed by atoms with Crippen molar-refractivity contribution in [3.63, 3.8) is 0 Å². The van der Waals surface area contributed by atoms with Crippen LogP contribution in [0.2, 0.25) is 0 Å². The Bertz CT molecular complexity index is 1790. The second-order valence-electron chi connectivity index (χ2n) is 11.3. The van der Waals surface area contributed by atoms with Gasteiger partial charge in [-0.1, -0.05) is 79.4 Å². The Balaban J connectivity index is 1.08. The van der Waals surface area contributed by atoms with Crippen molar-refractivity contribution in [2.75, 3.05) is 6.61 Å². The van der Waals surface area contributed by atoms with Gasteiger partial charge in [-0.25, -0.2) is 0 Å². The van der Waals surface area contributed by atoms with Crippen LogP contribution in [-0.4, -0.2) is 38.1 Å². The van der Waals surface area contributed by atoms with E-state index >= 15 is 0 Å². The SMILES string of the molecule is Cc1ccc(C2=NN3C(=N)/C(=C/c4cn(CCOc5ccc(C6CCCCC6)cc5)c5ccccc45)C(=O)N=C3S2)cc1. The number of hydrogen-bond donors (Lipinski definition) is 1. The molecule has 0 spiro atoms. The first-order valence-electron chi connectivity index (χ1n) is 14.9. The van der Waals surface area contributed by atoms with Gasteiger partial charge in [0.2, 0.25) is 5.17 Å². The molecule has 7 nitrogen and oxygen atoms in total. The molecule has 2 aliphatic heterocycles. The fraction of sp³-hybridized carbons (Fsp3) is 0.257. The molecule has 0 radical (unpaired) electrons. The summed E-state index contributed by atoms with van der Waals surface area (Å²) in [5.41, 5.74) is 5.63. The molecule has 0 unspecified atom stereocenters. The van der Waals surface area contributed by atoms with E-state index in [1.807, 2.05) is 55.6 Å². The molecule has 1 aliphatic carbocycles. The number of fused-ring (bicyclic) bond motifs is 2. The van der Waals surface area contributed by atoms with Crippen LogP contribution in [0, 0.1) is 12.3 Å². The molecule has 8 heteroatoms. The third-order valence-electron chi connectivity index (χ3n) is 8.43. The average molecular weight is 588 g/mol. The van der Waals surface area contributed by atoms with Crippen molar-refractivity contribution >= 4 is 50.7 Å². The molecule has 216 valence electrons. The highest BCUT2D eigenvalue weighted by Crippen LogP contribution is 2.34. The normalized spacial score (nSPS) is 18.3. The van der Waals surface area contributed by atoms with E-state index in [0.29, 0.717) is 24.2 Å². The number of hydrogen-bond acceptors (Lipinski definition) is 5. The zero-order chi connectivity index (χ0) is 29.3. The topological polar surface area (TPSA) is 83.0 Å². The lowest BCUT2D eigenvalue weighted by Crippen LogP contribution is -2.35. The van der Waals surface area contributed by atoms with Gasteiger partial charge in [0.15, 0.2) is 5.84 Å². The zero-order valence-electron chi connectivity index (χ0n) is 24.1. The number of aryl methyl sites for hydroxylation is 1. The molecule has 1 aromatic heterocycles. The Labute approximate surface area is 255 Å². The second-order valence-corrected chi connectivity index (χ2v) is 12.3. The van der Waals surface area contributed by atoms with E-state index in [0.717, 1.165) is 38.4 Å². The Morgan fingerprint density at radius 2 is 1.77 bits per heavy atom. The number of hydrazone groups is 1. The Kier molecular flexibility index (Phi) is 7.45. The maximum Gasteiger partial charge on any atom is 0.283 e. The molecule has 1 N–H and O–H groups in total. The summed E-state index contributed by atoms with van der Waals surface area (Å²) in [5, 5.41) is 17.1. The van der Waals surface area contributed by atoms with Crippen molar-refractivity contribution in [1.82, 2.24) is 9.58 Å². The molecule has 3 heterocycles. The minimum absolute atomic E-state index is 0.0291. The maximum atomic E-state index is 13.1. The molecule has 7 rings (SSSR count). The number of amidine groups is 2. The largest absolute Gasteiger partial charge is 0.492 e. The molecule has 43 heavy (non-hydrogen) atoms. The first kappa shape index (κ1) is 27.4. The summed E-state index contributed by atoms with van der Waals surface area (Å²) in [7, 11) is 0. The van der Waals surface area contributed by atoms with Gasteiger partial charge in [0.05, 0.1) is 12.1 Å². The molecule has 0 saturated heterocycles. The van der Waals surface area contributed by atoms with Gasteiger partial charge < -0.3 is 9.30 Å². The number of thioether (sulfide) groups is 1. The monoisotopic (exact) mass is 587 g/mol. The number of nitrogens with zero attached hydrogens (tertiary/aromatic N) is 4. The van der Waals surface area contributed by atoms with Gasteiger partial charge in [0.1, 0.15) is 17.4 Å². The van der Waals surface area contributed by atoms with Gasteiger partial charge in [-0.2, -0.15) is 15.1 Å². The smallest absolute Gasteiger partial charge is 0.283 e. The zero-order valence-corrected chi connectivity index (χ0v) is 24.9. The van der Waals surface area contributed by atoms with E-state index in [1.165, 1.54) is 54.4 Å². The van der Waals surface area contributed by atoms with Crippen molar-refractivity contribution in [2.45, 2.75) is 51.5 Å². The number of para-hydroxylation sites is 1. The maximum absolute atomic E-state index is 13.1. The molecular formula is C35H33N5O2S. The van der Waals surface area contributed by atoms with Crippen molar-refractivity contribution in [3.8, 4) is 5.75 Å². The van der Waals surface area contributed by atoms with Crippen LogP contribution in [0.4, 0.5) is 0 Å². The van der Waals surface area contributed by atoms with Crippen LogP contribution in [0.15, 0.2) is 94.7 Å². The molecule has 1 amide bonds. The van der Waals surface area contributed by atoms with Gasteiger partial charge in [-0.3, -0.25) is 10.2 Å². The number of rotatable bonds is 7. The number of ether oxygens (including phenoxy) is 1. The standard InChI is InChI=1S/C35H33N5O2S/c1-23-11-13-26(14-12-23)34-38-40-32(36)30(33(41)37-35(40)43-34)21-27-22-39(31-10-6-5-9-29(27)31)19-20-42-28-17-15-25(16-18-28)24-7-3-2-4-8-24/h5-6,9-18,21-22,24,36H,2-4,7-8,19-20H2,1H3/b30-21-,36-32?. The Morgan fingerprint density at radius 1 is 1.00 bits per heavy atom. The highest BCUT2D eigenvalue weighted by Gasteiger charge is 2.36. The molecule has 4 aromatic rings. The number of carbonyl (C=O) groups excluding carboxylic acids is 1. The minimum Gasteiger partial charge on any atom is -0.492 e. The Morgan fingerprint density at radius 3 is 2.56 bits per heavy atom. The summed E-state index contributed by atoms with van der Waals surface area (Å²) < 4.78 is 8.27. The average Bonchev–Trinajstić information content (AvgIpc) is 3.62. The van der Waals surface area contributed by atoms with Crippen molar-refractivity contribution in [1.29, 1.82) is 5.41 Å². The molecular weight excluding hydrogens is 554 g/mol. The highest BCUT2D eigenvalue weighted by atomic mass is 32.2. The lowest BCUT2D eigenvalue weighted by molar-refractivity contribution is -0.114. The number of aromatic nitrogens is 1. The summed E-state index contributed by atoms with van der Waals surface area (Å²) in [6.45, 7) is 3.20. The van der Waals surface area contributed by atoms with Crippen molar-refractivity contribution in [2.24, 2.45) is 10.1 Å². The number of nitrogens with one attached hydrogen (secondary N) is 1. The van der Waals surface area contributed by atoms with Crippen LogP contribution in [-0.2, 0) is 11.3 Å². The fourth-order valence-electron chi connectivity index (χ4n) is 6.07. The summed E-state index contributed by atoms with van der Waals surface area (Å²) in [4.78, 5) is 17.4. The lowest BCUT2D eigenvalue weighted by atomic mass is 9.84. The first-order chi connectivity index (χ1) is 21.0. The molecule has 3 aliphatic rings. The van der Waals surface area contributed by atoms with E-state index in [2.05, 4.69) is 45.0 Å². The minimum atomic E-state index is -0.430. The summed E-state index contributed by atoms with van der Waals surface area (Å²) in [5.74, 6) is 1.16. The fourth-order valence-corrected chi connectivity index (χ4v) is 6.97. The molecule has 3 aromatic carbocycles. The van der Waals surface area contributed by atoms with Gasteiger partial charge in [0.25, 0.3) is 5.91 Å². The summed E-state index contributed by atoms with van der Waals surface area (Å²) in [6.07, 6.45) is 10.4. The summed E-state index contributed by atoms with van der Waals surface area (Å²) >= 11 is 1.31. The number of carbonyl (C=O) groups is 1. The number of aliphatic imine (C=N–C) groups is 1. The predicted octanol–water partition coefficient (Wildman–Crippen LogP) is 7.74. The van der Waals surface area contributed by atoms with Gasteiger partial charge >= 0.3 is 0 Å². The molecule has 0 bridgehead atoms. The quantitative estimate of drug-likeness (QED) is 0.224. The Hall–Kier alpha value is -4.43. The third-order valence-corrected chi connectivity index (χ3v) is 9.39. The van der Waals surface area contributed by atoms with E-state index in [1.54, 1.807) is 6.08 Å². The van der Waals surface area contributed by atoms with E-state index in [-0.39, 0.29) is 11.4 Å². The van der Waals surface area contributed by atoms with Crippen LogP contribution in [0.25, 0.3) is 17.0 Å². The van der Waals surface area contributed by atoms with Crippen LogP contribution in [0.5, 0.6) is 5.75 Å². The highest BCUT2D eigenvalue weighted by molar-refractivity contribution is 8.27. The van der Waals surface area contributed by atoms with Crippen molar-refractivity contribution in [3.05, 3.63) is 107 Å². The first-order valence-corrected chi connectivity index (χ1v) is 15.7. The molecule has 0 atom stereocenters. The van der Waals surface area contributed by atoms with Gasteiger partial charge in [0, 0.05) is 28.2 Å². The molecule has 1 fully saturated rings. The second kappa shape index (κ2) is 11.7. The lowest BCUT2D eigenvalue weighted by Gasteiger charge is -2.22. The predicted molar refractivity (Wildman–Crippen MR) is 175 cm³/mol. The van der Waals surface area contributed by atoms with E-state index in [4.69, 9.17) is 10.1 Å².